The van der Waals surface area contributed by atoms with Crippen molar-refractivity contribution < 1.29 is 14.3 Å². The van der Waals surface area contributed by atoms with Crippen molar-refractivity contribution in [2.75, 3.05) is 26.0 Å². The summed E-state index contributed by atoms with van der Waals surface area (Å²) in [6.07, 6.45) is 3.85. The first-order valence-corrected chi connectivity index (χ1v) is 11.7. The highest BCUT2D eigenvalue weighted by atomic mass is 32.2. The highest BCUT2D eigenvalue weighted by Gasteiger charge is 2.23. The molecule has 0 aliphatic carbocycles. The van der Waals surface area contributed by atoms with Gasteiger partial charge in [0.2, 0.25) is 5.91 Å². The van der Waals surface area contributed by atoms with Gasteiger partial charge < -0.3 is 14.4 Å². The Labute approximate surface area is 184 Å². The number of carbonyl (C=O) groups is 1. The number of hydrogen-bond donors (Lipinski definition) is 0. The summed E-state index contributed by atoms with van der Waals surface area (Å²) >= 11 is 3.06. The maximum Gasteiger partial charge on any atom is 0.233 e. The summed E-state index contributed by atoms with van der Waals surface area (Å²) in [6.45, 7) is 2.02. The van der Waals surface area contributed by atoms with Crippen LogP contribution in [-0.2, 0) is 16.1 Å². The van der Waals surface area contributed by atoms with Crippen molar-refractivity contribution in [2.45, 2.75) is 30.6 Å². The van der Waals surface area contributed by atoms with Crippen LogP contribution in [0.25, 0.3) is 5.69 Å². The summed E-state index contributed by atoms with van der Waals surface area (Å²) in [5, 5.41) is 10.9. The summed E-state index contributed by atoms with van der Waals surface area (Å²) in [5.74, 6) is 1.16. The Morgan fingerprint density at radius 1 is 1.37 bits per heavy atom. The monoisotopic (exact) mass is 444 g/mol. The van der Waals surface area contributed by atoms with Crippen molar-refractivity contribution in [1.29, 1.82) is 0 Å². The number of amides is 1. The molecule has 1 saturated heterocycles. The van der Waals surface area contributed by atoms with Gasteiger partial charge in [-0.25, -0.2) is 0 Å². The van der Waals surface area contributed by atoms with E-state index in [1.807, 2.05) is 45.2 Å². The largest absolute Gasteiger partial charge is 0.497 e. The van der Waals surface area contributed by atoms with Gasteiger partial charge in [0.15, 0.2) is 5.16 Å². The zero-order valence-electron chi connectivity index (χ0n) is 16.8. The summed E-state index contributed by atoms with van der Waals surface area (Å²) in [4.78, 5) is 16.1. The highest BCUT2D eigenvalue weighted by molar-refractivity contribution is 7.99. The maximum atomic E-state index is 13.1. The molecule has 1 amide bonds. The molecule has 9 heteroatoms. The van der Waals surface area contributed by atoms with Crippen molar-refractivity contribution in [3.8, 4) is 11.4 Å². The van der Waals surface area contributed by atoms with E-state index in [-0.39, 0.29) is 12.0 Å². The van der Waals surface area contributed by atoms with E-state index in [1.54, 1.807) is 24.8 Å². The molecule has 2 aromatic heterocycles. The van der Waals surface area contributed by atoms with Gasteiger partial charge in [-0.1, -0.05) is 17.8 Å². The lowest BCUT2D eigenvalue weighted by atomic mass is 10.2. The molecule has 30 heavy (non-hydrogen) atoms. The van der Waals surface area contributed by atoms with Crippen LogP contribution >= 0.6 is 23.1 Å². The van der Waals surface area contributed by atoms with Crippen LogP contribution in [-0.4, -0.2) is 57.7 Å². The number of nitrogens with zero attached hydrogens (tertiary/aromatic N) is 4. The van der Waals surface area contributed by atoms with Crippen LogP contribution in [0, 0.1) is 0 Å². The molecule has 0 bridgehead atoms. The summed E-state index contributed by atoms with van der Waals surface area (Å²) in [5.41, 5.74) is 0.922. The minimum atomic E-state index is 0.0770. The maximum absolute atomic E-state index is 13.1. The van der Waals surface area contributed by atoms with Gasteiger partial charge in [-0.2, -0.15) is 0 Å². The Kier molecular flexibility index (Phi) is 7.03. The third-order valence-corrected chi connectivity index (χ3v) is 6.71. The summed E-state index contributed by atoms with van der Waals surface area (Å²) < 4.78 is 12.9. The molecule has 0 radical (unpaired) electrons. The first-order valence-electron chi connectivity index (χ1n) is 9.82. The number of methoxy groups -OCH3 is 1. The van der Waals surface area contributed by atoms with E-state index in [0.29, 0.717) is 24.0 Å². The van der Waals surface area contributed by atoms with Crippen LogP contribution in [0.2, 0.25) is 0 Å². The molecule has 1 aliphatic rings. The first kappa shape index (κ1) is 20.9. The minimum Gasteiger partial charge on any atom is -0.497 e. The average Bonchev–Trinajstić information content (AvgIpc) is 3.54. The second kappa shape index (κ2) is 10.1. The predicted octanol–water partition coefficient (Wildman–Crippen LogP) is 3.64. The fourth-order valence-corrected chi connectivity index (χ4v) is 4.89. The molecular formula is C21H24N4O3S2. The van der Waals surface area contributed by atoms with Gasteiger partial charge in [-0.05, 0) is 48.6 Å². The SMILES string of the molecule is COc1ccc(-n2cnnc2SCC(=O)N(Cc2cccs2)CC2CCCO2)cc1. The predicted molar refractivity (Wildman–Crippen MR) is 117 cm³/mol. The molecule has 3 aromatic rings. The van der Waals surface area contributed by atoms with Crippen molar-refractivity contribution in [3.63, 3.8) is 0 Å². The Bertz CT molecular complexity index is 938. The van der Waals surface area contributed by atoms with E-state index in [2.05, 4.69) is 16.3 Å². The number of hydrogen-bond acceptors (Lipinski definition) is 7. The average molecular weight is 445 g/mol. The molecule has 1 aromatic carbocycles. The number of thioether (sulfide) groups is 1. The van der Waals surface area contributed by atoms with Crippen molar-refractivity contribution in [1.82, 2.24) is 19.7 Å². The van der Waals surface area contributed by atoms with E-state index in [4.69, 9.17) is 9.47 Å². The third kappa shape index (κ3) is 5.21. The first-order chi connectivity index (χ1) is 14.7. The lowest BCUT2D eigenvalue weighted by molar-refractivity contribution is -0.130. The fourth-order valence-electron chi connectivity index (χ4n) is 3.34. The van der Waals surface area contributed by atoms with Gasteiger partial charge in [-0.15, -0.1) is 21.5 Å². The van der Waals surface area contributed by atoms with E-state index in [9.17, 15) is 4.79 Å². The zero-order chi connectivity index (χ0) is 20.8. The quantitative estimate of drug-likeness (QED) is 0.470. The van der Waals surface area contributed by atoms with E-state index < -0.39 is 0 Å². The van der Waals surface area contributed by atoms with Crippen LogP contribution in [0.1, 0.15) is 17.7 Å². The molecule has 1 aliphatic heterocycles. The molecule has 1 unspecified atom stereocenters. The van der Waals surface area contributed by atoms with Gasteiger partial charge >= 0.3 is 0 Å². The number of carbonyl (C=O) groups excluding carboxylic acids is 1. The molecule has 1 fully saturated rings. The van der Waals surface area contributed by atoms with Gasteiger partial charge in [-0.3, -0.25) is 9.36 Å². The highest BCUT2D eigenvalue weighted by Crippen LogP contribution is 2.23. The topological polar surface area (TPSA) is 69.5 Å². The molecule has 158 valence electrons. The number of ether oxygens (including phenoxy) is 2. The number of benzene rings is 1. The van der Waals surface area contributed by atoms with Gasteiger partial charge in [0.05, 0.1) is 25.5 Å². The number of thiophene rings is 1. The standard InChI is InChI=1S/C21H24N4O3S2/c1-27-17-8-6-16(7-9-17)25-15-22-23-21(25)30-14-20(26)24(12-18-4-2-10-28-18)13-19-5-3-11-29-19/h3,5-9,11,15,18H,2,4,10,12-14H2,1H3. The van der Waals surface area contributed by atoms with Gasteiger partial charge in [0.1, 0.15) is 12.1 Å². The molecule has 0 saturated carbocycles. The molecule has 7 nitrogen and oxygen atoms in total. The lowest BCUT2D eigenvalue weighted by Gasteiger charge is -2.25. The molecule has 0 spiro atoms. The van der Waals surface area contributed by atoms with Gasteiger partial charge in [0.25, 0.3) is 0 Å². The van der Waals surface area contributed by atoms with E-state index >= 15 is 0 Å². The molecule has 1 atom stereocenters. The van der Waals surface area contributed by atoms with Gasteiger partial charge in [0, 0.05) is 23.7 Å². The molecule has 3 heterocycles. The minimum absolute atomic E-state index is 0.0770. The number of aromatic nitrogens is 3. The van der Waals surface area contributed by atoms with Crippen LogP contribution in [0.5, 0.6) is 5.75 Å². The molecular weight excluding hydrogens is 420 g/mol. The summed E-state index contributed by atoms with van der Waals surface area (Å²) in [7, 11) is 1.64. The number of rotatable bonds is 9. The van der Waals surface area contributed by atoms with Crippen LogP contribution in [0.4, 0.5) is 0 Å². The zero-order valence-corrected chi connectivity index (χ0v) is 18.4. The molecule has 4 rings (SSSR count). The second-order valence-corrected chi connectivity index (χ2v) is 8.93. The van der Waals surface area contributed by atoms with Crippen LogP contribution in [0.15, 0.2) is 53.3 Å². The third-order valence-electron chi connectivity index (χ3n) is 4.92. The Balaban J connectivity index is 1.42. The van der Waals surface area contributed by atoms with E-state index in [0.717, 1.165) is 30.9 Å². The fraction of sp³-hybridized carbons (Fsp3) is 0.381. The lowest BCUT2D eigenvalue weighted by Crippen LogP contribution is -2.37. The molecule has 0 N–H and O–H groups in total. The van der Waals surface area contributed by atoms with Crippen LogP contribution in [0.3, 0.4) is 0 Å². The smallest absolute Gasteiger partial charge is 0.233 e. The summed E-state index contributed by atoms with van der Waals surface area (Å²) in [6, 6.07) is 11.7. The second-order valence-electron chi connectivity index (χ2n) is 6.96. The normalized spacial score (nSPS) is 16.0. The van der Waals surface area contributed by atoms with Crippen molar-refractivity contribution in [2.24, 2.45) is 0 Å². The van der Waals surface area contributed by atoms with Crippen molar-refractivity contribution in [3.05, 3.63) is 53.0 Å². The van der Waals surface area contributed by atoms with Crippen molar-refractivity contribution >= 4 is 29.0 Å². The Hall–Kier alpha value is -2.36. The van der Waals surface area contributed by atoms with E-state index in [1.165, 1.54) is 16.6 Å². The Morgan fingerprint density at radius 3 is 2.93 bits per heavy atom. The Morgan fingerprint density at radius 2 is 2.23 bits per heavy atom. The van der Waals surface area contributed by atoms with Crippen LogP contribution < -0.4 is 4.74 Å².